The van der Waals surface area contributed by atoms with E-state index in [0.717, 1.165) is 17.0 Å². The van der Waals surface area contributed by atoms with Gasteiger partial charge in [-0.15, -0.1) is 0 Å². The second-order valence-corrected chi connectivity index (χ2v) is 5.65. The van der Waals surface area contributed by atoms with Crippen LogP contribution in [0.2, 0.25) is 0 Å². The van der Waals surface area contributed by atoms with Crippen molar-refractivity contribution in [2.75, 3.05) is 11.9 Å². The number of fused-ring (bicyclic) bond motifs is 1. The highest BCUT2D eigenvalue weighted by atomic mass is 15.2. The van der Waals surface area contributed by atoms with Gasteiger partial charge in [-0.2, -0.15) is 5.10 Å². The molecule has 5 nitrogen and oxygen atoms in total. The second kappa shape index (κ2) is 4.81. The molecule has 0 aliphatic heterocycles. The highest BCUT2D eigenvalue weighted by Gasteiger charge is 2.30. The summed E-state index contributed by atoms with van der Waals surface area (Å²) in [4.78, 5) is 4.45. The van der Waals surface area contributed by atoms with Crippen LogP contribution in [0.5, 0.6) is 0 Å². The van der Waals surface area contributed by atoms with Gasteiger partial charge in [0.1, 0.15) is 5.52 Å². The second-order valence-electron chi connectivity index (χ2n) is 5.65. The Balaban J connectivity index is 1.93. The fourth-order valence-electron chi connectivity index (χ4n) is 2.38. The minimum Gasteiger partial charge on any atom is -0.364 e. The lowest BCUT2D eigenvalue weighted by atomic mass is 10.1. The van der Waals surface area contributed by atoms with Crippen molar-refractivity contribution in [2.45, 2.75) is 38.6 Å². The molecule has 0 bridgehead atoms. The zero-order valence-corrected chi connectivity index (χ0v) is 11.5. The Morgan fingerprint density at radius 3 is 2.89 bits per heavy atom. The van der Waals surface area contributed by atoms with E-state index in [2.05, 4.69) is 35.3 Å². The van der Waals surface area contributed by atoms with Crippen LogP contribution < -0.4 is 11.1 Å². The third-order valence-corrected chi connectivity index (χ3v) is 3.77. The third kappa shape index (κ3) is 2.42. The van der Waals surface area contributed by atoms with E-state index in [9.17, 15) is 0 Å². The van der Waals surface area contributed by atoms with E-state index in [-0.39, 0.29) is 0 Å². The minimum atomic E-state index is 0.330. The van der Waals surface area contributed by atoms with Gasteiger partial charge in [0.05, 0.1) is 5.69 Å². The van der Waals surface area contributed by atoms with Crippen LogP contribution in [0.15, 0.2) is 18.5 Å². The zero-order valence-electron chi connectivity index (χ0n) is 11.5. The Morgan fingerprint density at radius 1 is 1.47 bits per heavy atom. The summed E-state index contributed by atoms with van der Waals surface area (Å²) in [6.45, 7) is 4.95. The van der Waals surface area contributed by atoms with Crippen LogP contribution in [-0.2, 0) is 0 Å². The molecule has 2 aromatic heterocycles. The molecule has 5 heteroatoms. The maximum Gasteiger partial charge on any atom is 0.152 e. The predicted molar refractivity (Wildman–Crippen MR) is 76.3 cm³/mol. The van der Waals surface area contributed by atoms with Crippen LogP contribution in [0.25, 0.3) is 5.52 Å². The molecule has 1 aliphatic rings. The summed E-state index contributed by atoms with van der Waals surface area (Å²) in [5, 5.41) is 8.06. The van der Waals surface area contributed by atoms with Gasteiger partial charge in [-0.3, -0.25) is 0 Å². The molecule has 19 heavy (non-hydrogen) atoms. The normalized spacial score (nSPS) is 17.1. The van der Waals surface area contributed by atoms with Gasteiger partial charge in [-0.05, 0) is 30.7 Å². The van der Waals surface area contributed by atoms with Gasteiger partial charge in [0.25, 0.3) is 0 Å². The van der Waals surface area contributed by atoms with Gasteiger partial charge >= 0.3 is 0 Å². The van der Waals surface area contributed by atoms with E-state index in [0.29, 0.717) is 24.4 Å². The molecule has 1 fully saturated rings. The van der Waals surface area contributed by atoms with Crippen LogP contribution >= 0.6 is 0 Å². The molecule has 1 atom stereocenters. The number of nitrogens with two attached hydrogens (primary N) is 1. The molecule has 102 valence electrons. The van der Waals surface area contributed by atoms with Crippen molar-refractivity contribution in [3.63, 3.8) is 0 Å². The van der Waals surface area contributed by atoms with Crippen molar-refractivity contribution in [3.8, 4) is 0 Å². The molecule has 0 amide bonds. The van der Waals surface area contributed by atoms with E-state index < -0.39 is 0 Å². The molecule has 0 saturated heterocycles. The lowest BCUT2D eigenvalue weighted by Gasteiger charge is -2.16. The standard InChI is InChI=1S/C14H21N5/c1-9(2)11-7-13-14(16-5-6-19(13)18-11)17-12(8-15)10-3-4-10/h5-7,9-10,12H,3-4,8,15H2,1-2H3,(H,16,17). The summed E-state index contributed by atoms with van der Waals surface area (Å²) in [6.07, 6.45) is 6.22. The quantitative estimate of drug-likeness (QED) is 0.861. The van der Waals surface area contributed by atoms with Crippen LogP contribution in [0.4, 0.5) is 5.82 Å². The number of hydrogen-bond acceptors (Lipinski definition) is 4. The van der Waals surface area contributed by atoms with E-state index >= 15 is 0 Å². The molecule has 2 aromatic rings. The SMILES string of the molecule is CC(C)c1cc2c(NC(CN)C3CC3)nccn2n1. The Bertz CT molecular complexity index is 570. The largest absolute Gasteiger partial charge is 0.364 e. The molecule has 2 heterocycles. The lowest BCUT2D eigenvalue weighted by molar-refractivity contribution is 0.642. The summed E-state index contributed by atoms with van der Waals surface area (Å²) < 4.78 is 1.89. The van der Waals surface area contributed by atoms with Gasteiger partial charge in [-0.25, -0.2) is 9.50 Å². The summed E-state index contributed by atoms with van der Waals surface area (Å²) in [5.74, 6) is 2.02. The fourth-order valence-corrected chi connectivity index (χ4v) is 2.38. The third-order valence-electron chi connectivity index (χ3n) is 3.77. The van der Waals surface area contributed by atoms with Crippen LogP contribution in [-0.4, -0.2) is 27.2 Å². The number of aromatic nitrogens is 3. The first-order chi connectivity index (χ1) is 9.19. The van der Waals surface area contributed by atoms with Crippen LogP contribution in [0, 0.1) is 5.92 Å². The molecule has 3 rings (SSSR count). The van der Waals surface area contributed by atoms with Crippen molar-refractivity contribution >= 4 is 11.3 Å². The molecule has 1 aliphatic carbocycles. The summed E-state index contributed by atoms with van der Waals surface area (Å²) in [7, 11) is 0. The average Bonchev–Trinajstić information content (AvgIpc) is 3.13. The molecule has 0 radical (unpaired) electrons. The maximum absolute atomic E-state index is 5.85. The monoisotopic (exact) mass is 259 g/mol. The molecule has 1 unspecified atom stereocenters. The minimum absolute atomic E-state index is 0.330. The van der Waals surface area contributed by atoms with Crippen LogP contribution in [0.3, 0.4) is 0 Å². The Morgan fingerprint density at radius 2 is 2.26 bits per heavy atom. The summed E-state index contributed by atoms with van der Waals surface area (Å²) in [6, 6.07) is 2.44. The fraction of sp³-hybridized carbons (Fsp3) is 0.571. The maximum atomic E-state index is 5.85. The number of anilines is 1. The van der Waals surface area contributed by atoms with Crippen LogP contribution in [0.1, 0.15) is 38.3 Å². The molecule has 3 N–H and O–H groups in total. The van der Waals surface area contributed by atoms with Crippen molar-refractivity contribution < 1.29 is 0 Å². The number of hydrogen-bond donors (Lipinski definition) is 2. The summed E-state index contributed by atoms with van der Waals surface area (Å²) >= 11 is 0. The van der Waals surface area contributed by atoms with E-state index in [1.807, 2.05) is 10.7 Å². The van der Waals surface area contributed by atoms with E-state index in [1.165, 1.54) is 12.8 Å². The Hall–Kier alpha value is -1.62. The highest BCUT2D eigenvalue weighted by Crippen LogP contribution is 2.34. The Kier molecular flexibility index (Phi) is 3.14. The topological polar surface area (TPSA) is 68.2 Å². The first-order valence-corrected chi connectivity index (χ1v) is 7.00. The smallest absolute Gasteiger partial charge is 0.152 e. The molecule has 1 saturated carbocycles. The predicted octanol–water partition coefficient (Wildman–Crippen LogP) is 2.00. The number of rotatable bonds is 5. The van der Waals surface area contributed by atoms with Crippen molar-refractivity contribution in [1.82, 2.24) is 14.6 Å². The van der Waals surface area contributed by atoms with Gasteiger partial charge in [0.15, 0.2) is 5.82 Å². The first-order valence-electron chi connectivity index (χ1n) is 7.00. The Labute approximate surface area is 113 Å². The van der Waals surface area contributed by atoms with Gasteiger partial charge in [-0.1, -0.05) is 13.8 Å². The van der Waals surface area contributed by atoms with Crippen molar-refractivity contribution in [3.05, 3.63) is 24.2 Å². The van der Waals surface area contributed by atoms with Gasteiger partial charge < -0.3 is 11.1 Å². The van der Waals surface area contributed by atoms with E-state index in [1.54, 1.807) is 6.20 Å². The van der Waals surface area contributed by atoms with Gasteiger partial charge in [0, 0.05) is 25.0 Å². The molecular weight excluding hydrogens is 238 g/mol. The lowest BCUT2D eigenvalue weighted by Crippen LogP contribution is -2.31. The molecule has 0 spiro atoms. The van der Waals surface area contributed by atoms with Crippen molar-refractivity contribution in [1.29, 1.82) is 0 Å². The van der Waals surface area contributed by atoms with Crippen molar-refractivity contribution in [2.24, 2.45) is 11.7 Å². The summed E-state index contributed by atoms with van der Waals surface area (Å²) in [5.41, 5.74) is 7.97. The van der Waals surface area contributed by atoms with Gasteiger partial charge in [0.2, 0.25) is 0 Å². The molecular formula is C14H21N5. The number of nitrogens with zero attached hydrogens (tertiary/aromatic N) is 3. The number of nitrogens with one attached hydrogen (secondary N) is 1. The highest BCUT2D eigenvalue weighted by molar-refractivity contribution is 5.68. The molecule has 0 aromatic carbocycles. The average molecular weight is 259 g/mol. The zero-order chi connectivity index (χ0) is 13.4. The van der Waals surface area contributed by atoms with E-state index in [4.69, 9.17) is 5.73 Å². The first kappa shape index (κ1) is 12.4.